The van der Waals surface area contributed by atoms with Crippen LogP contribution in [0.2, 0.25) is 0 Å². The first-order valence-corrected chi connectivity index (χ1v) is 8.62. The maximum absolute atomic E-state index is 13.5. The molecular weight excluding hydrogens is 309 g/mol. The number of halogens is 1. The van der Waals surface area contributed by atoms with E-state index in [1.165, 1.54) is 6.07 Å². The molecule has 1 aliphatic heterocycles. The molecule has 6 heteroatoms. The van der Waals surface area contributed by atoms with Gasteiger partial charge in [-0.2, -0.15) is 0 Å². The van der Waals surface area contributed by atoms with Crippen LogP contribution in [0.4, 0.5) is 4.39 Å². The minimum Gasteiger partial charge on any atom is -0.395 e. The van der Waals surface area contributed by atoms with Crippen molar-refractivity contribution in [3.63, 3.8) is 0 Å². The first-order chi connectivity index (χ1) is 11.5. The maximum atomic E-state index is 13.5. The number of aliphatic hydroxyl groups is 1. The van der Waals surface area contributed by atoms with Crippen molar-refractivity contribution >= 4 is 5.91 Å². The van der Waals surface area contributed by atoms with E-state index in [1.807, 2.05) is 6.07 Å². The van der Waals surface area contributed by atoms with Crippen LogP contribution in [0.25, 0.3) is 0 Å². The van der Waals surface area contributed by atoms with Crippen molar-refractivity contribution in [2.75, 3.05) is 39.3 Å². The summed E-state index contributed by atoms with van der Waals surface area (Å²) in [6.45, 7) is 8.07. The summed E-state index contributed by atoms with van der Waals surface area (Å²) >= 11 is 0. The third kappa shape index (κ3) is 5.26. The van der Waals surface area contributed by atoms with Crippen LogP contribution in [0.3, 0.4) is 0 Å². The smallest absolute Gasteiger partial charge is 0.234 e. The van der Waals surface area contributed by atoms with Gasteiger partial charge < -0.3 is 10.4 Å². The van der Waals surface area contributed by atoms with Crippen molar-refractivity contribution < 1.29 is 14.3 Å². The van der Waals surface area contributed by atoms with Crippen LogP contribution in [0, 0.1) is 12.7 Å². The van der Waals surface area contributed by atoms with Gasteiger partial charge in [0, 0.05) is 38.8 Å². The minimum atomic E-state index is -0.243. The van der Waals surface area contributed by atoms with Crippen LogP contribution in [-0.4, -0.2) is 66.2 Å². The van der Waals surface area contributed by atoms with Gasteiger partial charge in [0.2, 0.25) is 5.91 Å². The average Bonchev–Trinajstić information content (AvgIpc) is 2.58. The van der Waals surface area contributed by atoms with Crippen molar-refractivity contribution in [2.24, 2.45) is 0 Å². The summed E-state index contributed by atoms with van der Waals surface area (Å²) in [5, 5.41) is 12.2. The molecule has 0 spiro atoms. The predicted molar refractivity (Wildman–Crippen MR) is 92.2 cm³/mol. The van der Waals surface area contributed by atoms with Crippen molar-refractivity contribution in [3.8, 4) is 0 Å². The fourth-order valence-electron chi connectivity index (χ4n) is 3.00. The number of amides is 1. The summed E-state index contributed by atoms with van der Waals surface area (Å²) in [5.74, 6) is -0.286. The fourth-order valence-corrected chi connectivity index (χ4v) is 3.00. The summed E-state index contributed by atoms with van der Waals surface area (Å²) in [6, 6.07) is 5.24. The van der Waals surface area contributed by atoms with Crippen LogP contribution in [0.5, 0.6) is 0 Å². The molecule has 1 atom stereocenters. The Morgan fingerprint density at radius 2 is 2.04 bits per heavy atom. The van der Waals surface area contributed by atoms with E-state index in [9.17, 15) is 14.3 Å². The number of hydrogen-bond donors (Lipinski definition) is 2. The second-order valence-electron chi connectivity index (χ2n) is 6.42. The van der Waals surface area contributed by atoms with Crippen molar-refractivity contribution in [3.05, 3.63) is 35.1 Å². The molecule has 2 N–H and O–H groups in total. The third-order valence-corrected chi connectivity index (χ3v) is 4.70. The van der Waals surface area contributed by atoms with Crippen LogP contribution in [0.1, 0.15) is 24.5 Å². The molecule has 2 rings (SSSR count). The molecule has 134 valence electrons. The molecule has 1 aromatic carbocycles. The number of carbonyl (C=O) groups is 1. The summed E-state index contributed by atoms with van der Waals surface area (Å²) in [6.07, 6.45) is 0.935. The number of nitrogens with zero attached hydrogens (tertiary/aromatic N) is 2. The molecule has 0 aliphatic carbocycles. The van der Waals surface area contributed by atoms with Gasteiger partial charge in [0.1, 0.15) is 5.82 Å². The van der Waals surface area contributed by atoms with Crippen LogP contribution in [-0.2, 0) is 11.3 Å². The number of nitrogens with one attached hydrogen (secondary N) is 1. The first kappa shape index (κ1) is 18.8. The number of hydrogen-bond acceptors (Lipinski definition) is 4. The Hall–Kier alpha value is -1.50. The summed E-state index contributed by atoms with van der Waals surface area (Å²) < 4.78 is 13.5. The van der Waals surface area contributed by atoms with E-state index in [0.29, 0.717) is 18.7 Å². The molecule has 1 unspecified atom stereocenters. The highest BCUT2D eigenvalue weighted by atomic mass is 19.1. The topological polar surface area (TPSA) is 55.8 Å². The molecule has 1 fully saturated rings. The van der Waals surface area contributed by atoms with E-state index in [2.05, 4.69) is 22.0 Å². The summed E-state index contributed by atoms with van der Waals surface area (Å²) in [7, 11) is 0. The lowest BCUT2D eigenvalue weighted by molar-refractivity contribution is -0.123. The van der Waals surface area contributed by atoms with Crippen LogP contribution < -0.4 is 5.32 Å². The highest BCUT2D eigenvalue weighted by molar-refractivity contribution is 5.78. The van der Waals surface area contributed by atoms with Crippen LogP contribution in [0.15, 0.2) is 18.2 Å². The Labute approximate surface area is 143 Å². The normalized spacial score (nSPS) is 17.7. The predicted octanol–water partition coefficient (Wildman–Crippen LogP) is 1.14. The summed E-state index contributed by atoms with van der Waals surface area (Å²) in [4.78, 5) is 16.5. The highest BCUT2D eigenvalue weighted by Crippen LogP contribution is 2.10. The van der Waals surface area contributed by atoms with Gasteiger partial charge in [-0.05, 0) is 30.5 Å². The van der Waals surface area contributed by atoms with Gasteiger partial charge in [-0.3, -0.25) is 14.6 Å². The molecule has 24 heavy (non-hydrogen) atoms. The third-order valence-electron chi connectivity index (χ3n) is 4.70. The van der Waals surface area contributed by atoms with E-state index in [-0.39, 0.29) is 24.4 Å². The quantitative estimate of drug-likeness (QED) is 0.783. The lowest BCUT2D eigenvalue weighted by atomic mass is 10.1. The molecule has 0 saturated carbocycles. The van der Waals surface area contributed by atoms with E-state index in [4.69, 9.17) is 0 Å². The molecule has 1 heterocycles. The Morgan fingerprint density at radius 3 is 2.62 bits per heavy atom. The average molecular weight is 337 g/mol. The Kier molecular flexibility index (Phi) is 7.15. The Balaban J connectivity index is 1.72. The van der Waals surface area contributed by atoms with Gasteiger partial charge in [-0.25, -0.2) is 4.39 Å². The molecule has 1 amide bonds. The molecule has 1 aliphatic rings. The first-order valence-electron chi connectivity index (χ1n) is 8.62. The Morgan fingerprint density at radius 1 is 1.33 bits per heavy atom. The second-order valence-corrected chi connectivity index (χ2v) is 6.42. The SMILES string of the molecule is CCC(CO)N1CCN(CC(=O)NCc2ccc(C)c(F)c2)CC1. The number of aryl methyl sites for hydroxylation is 1. The largest absolute Gasteiger partial charge is 0.395 e. The van der Waals surface area contributed by atoms with Gasteiger partial charge in [0.15, 0.2) is 0 Å². The second kappa shape index (κ2) is 9.11. The van der Waals surface area contributed by atoms with Gasteiger partial charge >= 0.3 is 0 Å². The van der Waals surface area contributed by atoms with Gasteiger partial charge in [0.05, 0.1) is 13.2 Å². The lowest BCUT2D eigenvalue weighted by Crippen LogP contribution is -2.53. The van der Waals surface area contributed by atoms with Gasteiger partial charge in [-0.15, -0.1) is 0 Å². The zero-order valence-electron chi connectivity index (χ0n) is 14.6. The van der Waals surface area contributed by atoms with E-state index >= 15 is 0 Å². The number of rotatable bonds is 7. The number of piperazine rings is 1. The van der Waals surface area contributed by atoms with Gasteiger partial charge in [-0.1, -0.05) is 19.1 Å². The highest BCUT2D eigenvalue weighted by Gasteiger charge is 2.23. The van der Waals surface area contributed by atoms with Crippen molar-refractivity contribution in [1.82, 2.24) is 15.1 Å². The standard InChI is InChI=1S/C18H28FN3O2/c1-3-16(13-23)22-8-6-21(7-9-22)12-18(24)20-11-15-5-4-14(2)17(19)10-15/h4-5,10,16,23H,3,6-9,11-13H2,1-2H3,(H,20,24). The monoisotopic (exact) mass is 337 g/mol. The van der Waals surface area contributed by atoms with E-state index in [1.54, 1.807) is 13.0 Å². The lowest BCUT2D eigenvalue weighted by Gasteiger charge is -2.38. The molecule has 0 bridgehead atoms. The van der Waals surface area contributed by atoms with E-state index in [0.717, 1.165) is 38.2 Å². The maximum Gasteiger partial charge on any atom is 0.234 e. The number of aliphatic hydroxyl groups excluding tert-OH is 1. The fraction of sp³-hybridized carbons (Fsp3) is 0.611. The molecule has 0 radical (unpaired) electrons. The van der Waals surface area contributed by atoms with Crippen LogP contribution >= 0.6 is 0 Å². The van der Waals surface area contributed by atoms with E-state index < -0.39 is 0 Å². The molecule has 1 saturated heterocycles. The summed E-state index contributed by atoms with van der Waals surface area (Å²) in [5.41, 5.74) is 1.38. The van der Waals surface area contributed by atoms with Crippen molar-refractivity contribution in [2.45, 2.75) is 32.9 Å². The molecule has 1 aromatic rings. The Bertz CT molecular complexity index is 541. The molecular formula is C18H28FN3O2. The zero-order chi connectivity index (χ0) is 17.5. The number of carbonyl (C=O) groups excluding carboxylic acids is 1. The minimum absolute atomic E-state index is 0.0429. The number of benzene rings is 1. The molecule has 0 aromatic heterocycles. The van der Waals surface area contributed by atoms with Gasteiger partial charge in [0.25, 0.3) is 0 Å². The molecule has 5 nitrogen and oxygen atoms in total. The zero-order valence-corrected chi connectivity index (χ0v) is 14.6. The van der Waals surface area contributed by atoms with Crippen molar-refractivity contribution in [1.29, 1.82) is 0 Å².